The SMILES string of the molecule is Cc1ccc([C@@H]2[C@@H]([N+](=O)[O-])[C@H](c3ccc(C)cc3)C(C#N)=C(N)C2(C#N)C#N)cc1. The summed E-state index contributed by atoms with van der Waals surface area (Å²) in [6.07, 6.45) is 0. The number of nitrogens with two attached hydrogens (primary N) is 1. The quantitative estimate of drug-likeness (QED) is 0.619. The van der Waals surface area contributed by atoms with Crippen molar-refractivity contribution in [2.75, 3.05) is 0 Å². The van der Waals surface area contributed by atoms with Crippen LogP contribution in [-0.4, -0.2) is 11.0 Å². The van der Waals surface area contributed by atoms with Crippen molar-refractivity contribution in [3.63, 3.8) is 0 Å². The van der Waals surface area contributed by atoms with Crippen LogP contribution in [0.15, 0.2) is 59.8 Å². The number of hydrogen-bond donors (Lipinski definition) is 1. The standard InChI is InChI=1S/C23H19N5O2/c1-14-3-7-16(8-4-14)19-18(11-24)22(27)23(12-25,13-26)20(21(19)28(29)30)17-9-5-15(2)6-10-17/h3-10,19-21H,27H2,1-2H3/t19-,20-,21+/m1/s1. The number of nitrogens with zero attached hydrogens (tertiary/aromatic N) is 4. The van der Waals surface area contributed by atoms with Crippen molar-refractivity contribution in [3.8, 4) is 18.2 Å². The molecule has 148 valence electrons. The lowest BCUT2D eigenvalue weighted by molar-refractivity contribution is -0.532. The van der Waals surface area contributed by atoms with E-state index in [2.05, 4.69) is 0 Å². The molecule has 0 bridgehead atoms. The minimum absolute atomic E-state index is 0.105. The van der Waals surface area contributed by atoms with E-state index in [-0.39, 0.29) is 11.3 Å². The molecule has 30 heavy (non-hydrogen) atoms. The van der Waals surface area contributed by atoms with Crippen LogP contribution in [0.5, 0.6) is 0 Å². The van der Waals surface area contributed by atoms with E-state index in [1.165, 1.54) is 0 Å². The van der Waals surface area contributed by atoms with Crippen LogP contribution in [0.25, 0.3) is 0 Å². The van der Waals surface area contributed by atoms with Crippen LogP contribution in [0.3, 0.4) is 0 Å². The average Bonchev–Trinajstić information content (AvgIpc) is 2.74. The van der Waals surface area contributed by atoms with Gasteiger partial charge >= 0.3 is 0 Å². The molecular weight excluding hydrogens is 378 g/mol. The van der Waals surface area contributed by atoms with Gasteiger partial charge in [-0.05, 0) is 25.0 Å². The Balaban J connectivity index is 2.40. The highest BCUT2D eigenvalue weighted by molar-refractivity contribution is 5.54. The van der Waals surface area contributed by atoms with Crippen molar-refractivity contribution < 1.29 is 4.92 Å². The van der Waals surface area contributed by atoms with Crippen LogP contribution in [0.1, 0.15) is 34.1 Å². The molecule has 1 aliphatic rings. The first kappa shape index (κ1) is 20.6. The summed E-state index contributed by atoms with van der Waals surface area (Å²) in [5, 5.41) is 42.2. The molecule has 0 amide bonds. The molecular formula is C23H19N5O2. The molecule has 3 rings (SSSR count). The zero-order valence-electron chi connectivity index (χ0n) is 16.5. The molecule has 0 heterocycles. The van der Waals surface area contributed by atoms with Crippen LogP contribution in [0, 0.1) is 63.4 Å². The minimum Gasteiger partial charge on any atom is -0.399 e. The van der Waals surface area contributed by atoms with Gasteiger partial charge in [0.25, 0.3) is 0 Å². The third-order valence-electron chi connectivity index (χ3n) is 5.77. The summed E-state index contributed by atoms with van der Waals surface area (Å²) >= 11 is 0. The highest BCUT2D eigenvalue weighted by atomic mass is 16.6. The van der Waals surface area contributed by atoms with E-state index in [0.717, 1.165) is 11.1 Å². The Labute approximate surface area is 174 Å². The number of nitriles is 3. The van der Waals surface area contributed by atoms with Crippen LogP contribution >= 0.6 is 0 Å². The monoisotopic (exact) mass is 397 g/mol. The Morgan fingerprint density at radius 3 is 1.80 bits per heavy atom. The van der Waals surface area contributed by atoms with Gasteiger partial charge in [-0.15, -0.1) is 0 Å². The second kappa shape index (κ2) is 7.70. The summed E-state index contributed by atoms with van der Waals surface area (Å²) in [7, 11) is 0. The largest absolute Gasteiger partial charge is 0.399 e. The Bertz CT molecular complexity index is 1130. The van der Waals surface area contributed by atoms with Gasteiger partial charge in [-0.25, -0.2) is 0 Å². The zero-order chi connectivity index (χ0) is 22.1. The van der Waals surface area contributed by atoms with Gasteiger partial charge in [0.05, 0.1) is 41.3 Å². The smallest absolute Gasteiger partial charge is 0.234 e. The fourth-order valence-corrected chi connectivity index (χ4v) is 4.18. The van der Waals surface area contributed by atoms with Crippen molar-refractivity contribution >= 4 is 0 Å². The maximum atomic E-state index is 12.4. The lowest BCUT2D eigenvalue weighted by atomic mass is 9.58. The third-order valence-corrected chi connectivity index (χ3v) is 5.77. The number of benzene rings is 2. The predicted molar refractivity (Wildman–Crippen MR) is 109 cm³/mol. The van der Waals surface area contributed by atoms with Gasteiger partial charge in [0, 0.05) is 4.92 Å². The Kier molecular flexibility index (Phi) is 5.28. The Morgan fingerprint density at radius 1 is 0.933 bits per heavy atom. The molecule has 2 aromatic rings. The highest BCUT2D eigenvalue weighted by Crippen LogP contribution is 2.53. The van der Waals surface area contributed by atoms with E-state index in [0.29, 0.717) is 11.1 Å². The van der Waals surface area contributed by atoms with E-state index < -0.39 is 28.2 Å². The summed E-state index contributed by atoms with van der Waals surface area (Å²) < 4.78 is 0. The molecule has 2 N–H and O–H groups in total. The summed E-state index contributed by atoms with van der Waals surface area (Å²) in [5.41, 5.74) is 6.80. The molecule has 3 atom stereocenters. The molecule has 0 aliphatic heterocycles. The van der Waals surface area contributed by atoms with Crippen LogP contribution < -0.4 is 5.73 Å². The van der Waals surface area contributed by atoms with Gasteiger partial charge in [0.2, 0.25) is 6.04 Å². The van der Waals surface area contributed by atoms with Crippen molar-refractivity contribution in [1.29, 1.82) is 15.8 Å². The van der Waals surface area contributed by atoms with E-state index in [1.54, 1.807) is 48.5 Å². The maximum absolute atomic E-state index is 12.4. The normalized spacial score (nSPS) is 22.4. The van der Waals surface area contributed by atoms with Gasteiger partial charge in [-0.3, -0.25) is 10.1 Å². The lowest BCUT2D eigenvalue weighted by Gasteiger charge is -2.40. The van der Waals surface area contributed by atoms with E-state index in [9.17, 15) is 25.9 Å². The molecule has 0 saturated heterocycles. The second-order valence-electron chi connectivity index (χ2n) is 7.52. The summed E-state index contributed by atoms with van der Waals surface area (Å²) in [5.74, 6) is -2.13. The van der Waals surface area contributed by atoms with Gasteiger partial charge in [-0.2, -0.15) is 15.8 Å². The molecule has 2 aromatic carbocycles. The zero-order valence-corrected chi connectivity index (χ0v) is 16.5. The molecule has 0 spiro atoms. The van der Waals surface area contributed by atoms with E-state index in [1.807, 2.05) is 32.1 Å². The van der Waals surface area contributed by atoms with Gasteiger partial charge in [0.1, 0.15) is 0 Å². The number of hydrogen-bond acceptors (Lipinski definition) is 6. The first-order chi connectivity index (χ1) is 14.3. The van der Waals surface area contributed by atoms with Crippen molar-refractivity contribution in [2.45, 2.75) is 31.7 Å². The minimum atomic E-state index is -2.03. The first-order valence-electron chi connectivity index (χ1n) is 9.30. The second-order valence-corrected chi connectivity index (χ2v) is 7.52. The fraction of sp³-hybridized carbons (Fsp3) is 0.261. The van der Waals surface area contributed by atoms with Crippen LogP contribution in [0.4, 0.5) is 0 Å². The molecule has 7 heteroatoms. The molecule has 1 aliphatic carbocycles. The van der Waals surface area contributed by atoms with Gasteiger partial charge < -0.3 is 5.73 Å². The van der Waals surface area contributed by atoms with E-state index >= 15 is 0 Å². The Morgan fingerprint density at radius 2 is 1.40 bits per heavy atom. The predicted octanol–water partition coefficient (Wildman–Crippen LogP) is 3.60. The van der Waals surface area contributed by atoms with Crippen molar-refractivity contribution in [2.24, 2.45) is 11.1 Å². The first-order valence-corrected chi connectivity index (χ1v) is 9.30. The Hall–Kier alpha value is -4.15. The molecule has 0 radical (unpaired) electrons. The van der Waals surface area contributed by atoms with E-state index in [4.69, 9.17) is 5.73 Å². The number of allylic oxidation sites excluding steroid dienone is 1. The summed E-state index contributed by atoms with van der Waals surface area (Å²) in [6, 6.07) is 18.3. The molecule has 7 nitrogen and oxygen atoms in total. The van der Waals surface area contributed by atoms with Crippen LogP contribution in [0.2, 0.25) is 0 Å². The van der Waals surface area contributed by atoms with Crippen molar-refractivity contribution in [3.05, 3.63) is 92.2 Å². The molecule has 0 unspecified atom stereocenters. The number of aryl methyl sites for hydroxylation is 2. The molecule has 0 fully saturated rings. The molecule has 0 aromatic heterocycles. The van der Waals surface area contributed by atoms with Gasteiger partial charge in [0.15, 0.2) is 5.41 Å². The lowest BCUT2D eigenvalue weighted by Crippen LogP contribution is -2.50. The average molecular weight is 397 g/mol. The molecule has 0 saturated carbocycles. The number of nitro groups is 1. The van der Waals surface area contributed by atoms with Crippen molar-refractivity contribution in [1.82, 2.24) is 0 Å². The maximum Gasteiger partial charge on any atom is 0.234 e. The van der Waals surface area contributed by atoms with Crippen LogP contribution in [-0.2, 0) is 0 Å². The number of rotatable bonds is 3. The third kappa shape index (κ3) is 3.05. The highest BCUT2D eigenvalue weighted by Gasteiger charge is 2.60. The fourth-order valence-electron chi connectivity index (χ4n) is 4.18. The topological polar surface area (TPSA) is 141 Å². The van der Waals surface area contributed by atoms with Gasteiger partial charge in [-0.1, -0.05) is 59.7 Å². The summed E-state index contributed by atoms with van der Waals surface area (Å²) in [6.45, 7) is 3.76. The summed E-state index contributed by atoms with van der Waals surface area (Å²) in [4.78, 5) is 11.9.